The molecular formula is C19H17ClN4O2. The maximum atomic E-state index is 12.9. The topological polar surface area (TPSA) is 57.9 Å². The summed E-state index contributed by atoms with van der Waals surface area (Å²) in [6.45, 7) is 3.85. The van der Waals surface area contributed by atoms with E-state index in [-0.39, 0.29) is 18.5 Å². The normalized spacial score (nSPS) is 17.6. The first-order chi connectivity index (χ1) is 12.4. The van der Waals surface area contributed by atoms with Crippen LogP contribution in [0.2, 0.25) is 5.02 Å². The smallest absolute Gasteiger partial charge is 0.305 e. The molecule has 0 N–H and O–H groups in total. The number of imide groups is 1. The maximum Gasteiger partial charge on any atom is 0.332 e. The first-order valence-electron chi connectivity index (χ1n) is 8.28. The Hall–Kier alpha value is -2.86. The molecule has 0 spiro atoms. The lowest BCUT2D eigenvalue weighted by Gasteiger charge is -2.19. The number of hydrogen-bond acceptors (Lipinski definition) is 3. The molecule has 2 aromatic heterocycles. The Kier molecular flexibility index (Phi) is 3.92. The summed E-state index contributed by atoms with van der Waals surface area (Å²) in [5, 5.41) is 0.592. The number of halogens is 1. The van der Waals surface area contributed by atoms with Gasteiger partial charge in [-0.1, -0.05) is 29.3 Å². The number of benzene rings is 1. The van der Waals surface area contributed by atoms with Crippen LogP contribution in [0.15, 0.2) is 48.8 Å². The van der Waals surface area contributed by atoms with Gasteiger partial charge in [-0.25, -0.2) is 9.78 Å². The third kappa shape index (κ3) is 2.72. The van der Waals surface area contributed by atoms with E-state index in [1.807, 2.05) is 31.2 Å². The van der Waals surface area contributed by atoms with E-state index in [4.69, 9.17) is 11.6 Å². The monoisotopic (exact) mass is 368 g/mol. The van der Waals surface area contributed by atoms with E-state index in [0.717, 1.165) is 5.56 Å². The summed E-state index contributed by atoms with van der Waals surface area (Å²) < 4.78 is 1.78. The van der Waals surface area contributed by atoms with E-state index < -0.39 is 6.04 Å². The Labute approximate surface area is 155 Å². The number of nitrogens with zero attached hydrogens (tertiary/aromatic N) is 4. The molecule has 0 saturated carbocycles. The lowest BCUT2D eigenvalue weighted by atomic mass is 10.2. The number of aromatic nitrogens is 2. The Morgan fingerprint density at radius 2 is 1.81 bits per heavy atom. The van der Waals surface area contributed by atoms with Crippen LogP contribution < -0.4 is 4.90 Å². The second-order valence-electron chi connectivity index (χ2n) is 6.43. The fourth-order valence-corrected chi connectivity index (χ4v) is 3.33. The highest BCUT2D eigenvalue weighted by Gasteiger charge is 2.43. The first-order valence-corrected chi connectivity index (χ1v) is 8.66. The van der Waals surface area contributed by atoms with Crippen molar-refractivity contribution in [1.82, 2.24) is 14.3 Å². The summed E-state index contributed by atoms with van der Waals surface area (Å²) in [4.78, 5) is 32.7. The molecule has 1 fully saturated rings. The lowest BCUT2D eigenvalue weighted by Crippen LogP contribution is -2.33. The molecule has 1 unspecified atom stereocenters. The molecule has 7 heteroatoms. The van der Waals surface area contributed by atoms with E-state index in [9.17, 15) is 9.59 Å². The predicted molar refractivity (Wildman–Crippen MR) is 99.3 cm³/mol. The molecule has 3 heterocycles. The van der Waals surface area contributed by atoms with Crippen LogP contribution in [0, 0.1) is 6.92 Å². The number of amides is 3. The van der Waals surface area contributed by atoms with Crippen LogP contribution in [0.25, 0.3) is 5.65 Å². The van der Waals surface area contributed by atoms with Crippen molar-refractivity contribution < 1.29 is 9.59 Å². The third-order valence-electron chi connectivity index (χ3n) is 4.54. The molecule has 3 amide bonds. The molecule has 26 heavy (non-hydrogen) atoms. The van der Waals surface area contributed by atoms with Gasteiger partial charge in [0.2, 0.25) is 0 Å². The minimum Gasteiger partial charge on any atom is -0.305 e. The molecule has 0 bridgehead atoms. The number of aryl methyl sites for hydroxylation is 1. The summed E-state index contributed by atoms with van der Waals surface area (Å²) in [5.74, 6) is -0.231. The Morgan fingerprint density at radius 3 is 2.54 bits per heavy atom. The average molecular weight is 369 g/mol. The molecule has 1 atom stereocenters. The van der Waals surface area contributed by atoms with Crippen LogP contribution >= 0.6 is 11.6 Å². The van der Waals surface area contributed by atoms with Crippen molar-refractivity contribution in [3.8, 4) is 0 Å². The van der Waals surface area contributed by atoms with Crippen LogP contribution in [0.1, 0.15) is 18.2 Å². The van der Waals surface area contributed by atoms with Gasteiger partial charge in [-0.05, 0) is 38.1 Å². The molecular weight excluding hydrogens is 352 g/mol. The number of hydrogen-bond donors (Lipinski definition) is 0. The molecule has 6 nitrogen and oxygen atoms in total. The number of imidazole rings is 1. The van der Waals surface area contributed by atoms with Crippen LogP contribution in [-0.4, -0.2) is 32.3 Å². The van der Waals surface area contributed by atoms with Gasteiger partial charge in [-0.3, -0.25) is 14.6 Å². The summed E-state index contributed by atoms with van der Waals surface area (Å²) in [6, 6.07) is 10.2. The Bertz CT molecular complexity index is 1010. The summed E-state index contributed by atoms with van der Waals surface area (Å²) >= 11 is 5.99. The highest BCUT2D eigenvalue weighted by Crippen LogP contribution is 2.27. The van der Waals surface area contributed by atoms with Gasteiger partial charge in [0.1, 0.15) is 11.7 Å². The van der Waals surface area contributed by atoms with Crippen molar-refractivity contribution in [1.29, 1.82) is 0 Å². The lowest BCUT2D eigenvalue weighted by molar-refractivity contribution is -0.127. The minimum absolute atomic E-state index is 0.129. The molecule has 4 rings (SSSR count). The number of carbonyl (C=O) groups excluding carboxylic acids is 2. The van der Waals surface area contributed by atoms with Crippen LogP contribution in [-0.2, 0) is 11.3 Å². The second-order valence-corrected chi connectivity index (χ2v) is 6.87. The molecule has 1 aromatic carbocycles. The average Bonchev–Trinajstić information content (AvgIpc) is 3.10. The zero-order valence-electron chi connectivity index (χ0n) is 14.4. The van der Waals surface area contributed by atoms with Crippen molar-refractivity contribution in [3.63, 3.8) is 0 Å². The molecule has 132 valence electrons. The van der Waals surface area contributed by atoms with E-state index in [0.29, 0.717) is 22.1 Å². The number of anilines is 1. The number of fused-ring (bicyclic) bond motifs is 1. The Morgan fingerprint density at radius 1 is 1.08 bits per heavy atom. The first kappa shape index (κ1) is 16.6. The SMILES string of the molecule is Cc1ccc(N2C(=O)N(Cc3cn4cc(Cl)ccc4n3)C(=O)C2C)cc1. The molecule has 3 aromatic rings. The van der Waals surface area contributed by atoms with Gasteiger partial charge in [0.05, 0.1) is 17.3 Å². The number of pyridine rings is 1. The van der Waals surface area contributed by atoms with Crippen LogP contribution in [0.4, 0.5) is 10.5 Å². The van der Waals surface area contributed by atoms with Gasteiger partial charge in [0.15, 0.2) is 0 Å². The molecule has 1 saturated heterocycles. The summed E-state index contributed by atoms with van der Waals surface area (Å²) in [6.07, 6.45) is 3.52. The zero-order chi connectivity index (χ0) is 18.4. The Balaban J connectivity index is 1.62. The highest BCUT2D eigenvalue weighted by atomic mass is 35.5. The van der Waals surface area contributed by atoms with E-state index in [2.05, 4.69) is 4.98 Å². The predicted octanol–water partition coefficient (Wildman–Crippen LogP) is 3.65. The molecule has 0 radical (unpaired) electrons. The van der Waals surface area contributed by atoms with E-state index in [1.54, 1.807) is 35.9 Å². The molecule has 1 aliphatic heterocycles. The summed E-state index contributed by atoms with van der Waals surface area (Å²) in [7, 11) is 0. The van der Waals surface area contributed by atoms with Gasteiger partial charge in [0.25, 0.3) is 5.91 Å². The second kappa shape index (κ2) is 6.14. The van der Waals surface area contributed by atoms with Crippen molar-refractivity contribution in [2.75, 3.05) is 4.90 Å². The van der Waals surface area contributed by atoms with Crippen molar-refractivity contribution >= 4 is 34.9 Å². The highest BCUT2D eigenvalue weighted by molar-refractivity contribution is 6.30. The van der Waals surface area contributed by atoms with E-state index in [1.165, 1.54) is 9.80 Å². The zero-order valence-corrected chi connectivity index (χ0v) is 15.1. The van der Waals surface area contributed by atoms with Crippen molar-refractivity contribution in [2.45, 2.75) is 26.4 Å². The minimum atomic E-state index is -0.545. The third-order valence-corrected chi connectivity index (χ3v) is 4.77. The maximum absolute atomic E-state index is 12.9. The van der Waals surface area contributed by atoms with Gasteiger partial charge in [-0.15, -0.1) is 0 Å². The number of rotatable bonds is 3. The van der Waals surface area contributed by atoms with Gasteiger partial charge < -0.3 is 4.40 Å². The van der Waals surface area contributed by atoms with Crippen LogP contribution in [0.5, 0.6) is 0 Å². The van der Waals surface area contributed by atoms with E-state index >= 15 is 0 Å². The number of urea groups is 1. The van der Waals surface area contributed by atoms with Gasteiger partial charge in [-0.2, -0.15) is 0 Å². The fraction of sp³-hybridized carbons (Fsp3) is 0.211. The van der Waals surface area contributed by atoms with Crippen molar-refractivity contribution in [3.05, 3.63) is 65.1 Å². The standard InChI is InChI=1S/C19H17ClN4O2/c1-12-3-6-16(7-4-12)24-13(2)18(25)23(19(24)26)11-15-10-22-9-14(20)5-8-17(22)21-15/h3-10,13H,11H2,1-2H3. The summed E-state index contributed by atoms with van der Waals surface area (Å²) in [5.41, 5.74) is 3.16. The number of carbonyl (C=O) groups is 2. The molecule has 0 aliphatic carbocycles. The van der Waals surface area contributed by atoms with Crippen LogP contribution in [0.3, 0.4) is 0 Å². The molecule has 1 aliphatic rings. The van der Waals surface area contributed by atoms with Gasteiger partial charge >= 0.3 is 6.03 Å². The largest absolute Gasteiger partial charge is 0.332 e. The quantitative estimate of drug-likeness (QED) is 0.663. The fourth-order valence-electron chi connectivity index (χ4n) is 3.17. The van der Waals surface area contributed by atoms with Crippen molar-refractivity contribution in [2.24, 2.45) is 0 Å². The van der Waals surface area contributed by atoms with Gasteiger partial charge in [0, 0.05) is 18.1 Å².